The highest BCUT2D eigenvalue weighted by Crippen LogP contribution is 2.18. The molecule has 1 aliphatic rings. The Balaban J connectivity index is 1.44. The van der Waals surface area contributed by atoms with Gasteiger partial charge in [0, 0.05) is 43.0 Å². The Morgan fingerprint density at radius 3 is 2.89 bits per heavy atom. The summed E-state index contributed by atoms with van der Waals surface area (Å²) in [6.45, 7) is 3.27. The minimum Gasteiger partial charge on any atom is -0.336 e. The summed E-state index contributed by atoms with van der Waals surface area (Å²) in [5.41, 5.74) is 2.35. The summed E-state index contributed by atoms with van der Waals surface area (Å²) < 4.78 is 2.00. The van der Waals surface area contributed by atoms with Crippen molar-refractivity contribution >= 4 is 5.91 Å². The molecule has 0 radical (unpaired) electrons. The summed E-state index contributed by atoms with van der Waals surface area (Å²) in [4.78, 5) is 38.0. The van der Waals surface area contributed by atoms with Gasteiger partial charge in [-0.25, -0.2) is 9.97 Å². The van der Waals surface area contributed by atoms with Gasteiger partial charge in [-0.1, -0.05) is 30.3 Å². The van der Waals surface area contributed by atoms with E-state index in [1.807, 2.05) is 41.1 Å². The molecule has 3 aromatic rings. The summed E-state index contributed by atoms with van der Waals surface area (Å²) in [6, 6.07) is 9.93. The van der Waals surface area contributed by atoms with E-state index in [0.29, 0.717) is 49.6 Å². The maximum absolute atomic E-state index is 12.7. The van der Waals surface area contributed by atoms with Crippen LogP contribution in [0, 0.1) is 6.92 Å². The predicted molar refractivity (Wildman–Crippen MR) is 101 cm³/mol. The molecule has 0 atom stereocenters. The zero-order valence-corrected chi connectivity index (χ0v) is 15.2. The van der Waals surface area contributed by atoms with Crippen LogP contribution in [0.4, 0.5) is 0 Å². The lowest BCUT2D eigenvalue weighted by molar-refractivity contribution is -0.132. The van der Waals surface area contributed by atoms with Crippen molar-refractivity contribution in [2.45, 2.75) is 32.9 Å². The van der Waals surface area contributed by atoms with E-state index in [2.05, 4.69) is 15.0 Å². The van der Waals surface area contributed by atoms with Crippen LogP contribution in [0.5, 0.6) is 0 Å². The number of H-pyrrole nitrogens is 1. The van der Waals surface area contributed by atoms with Crippen molar-refractivity contribution in [2.75, 3.05) is 6.54 Å². The topological polar surface area (TPSA) is 83.9 Å². The van der Waals surface area contributed by atoms with Crippen molar-refractivity contribution in [2.24, 2.45) is 0 Å². The van der Waals surface area contributed by atoms with Crippen LogP contribution in [-0.2, 0) is 24.3 Å². The zero-order chi connectivity index (χ0) is 18.8. The molecule has 3 heterocycles. The number of imidazole rings is 1. The molecule has 1 amide bonds. The first-order valence-corrected chi connectivity index (χ1v) is 9.05. The number of aryl methyl sites for hydroxylation is 2. The third-order valence-electron chi connectivity index (χ3n) is 4.86. The summed E-state index contributed by atoms with van der Waals surface area (Å²) in [7, 11) is 0. The zero-order valence-electron chi connectivity index (χ0n) is 15.2. The van der Waals surface area contributed by atoms with E-state index < -0.39 is 0 Å². The lowest BCUT2D eigenvalue weighted by atomic mass is 10.1. The molecule has 4 rings (SSSR count). The molecule has 0 spiro atoms. The van der Waals surface area contributed by atoms with E-state index >= 15 is 0 Å². The average Bonchev–Trinajstić information content (AvgIpc) is 3.14. The number of carbonyl (C=O) groups excluding carboxylic acids is 1. The molecule has 0 bridgehead atoms. The molecule has 1 aromatic carbocycles. The van der Waals surface area contributed by atoms with E-state index in [1.54, 1.807) is 18.0 Å². The molecule has 0 unspecified atom stereocenters. The van der Waals surface area contributed by atoms with Gasteiger partial charge >= 0.3 is 0 Å². The van der Waals surface area contributed by atoms with Gasteiger partial charge in [0.1, 0.15) is 11.6 Å². The van der Waals surface area contributed by atoms with E-state index in [4.69, 9.17) is 0 Å². The first-order valence-electron chi connectivity index (χ1n) is 9.05. The van der Waals surface area contributed by atoms with Crippen molar-refractivity contribution in [3.8, 4) is 11.4 Å². The number of nitrogens with zero attached hydrogens (tertiary/aromatic N) is 4. The van der Waals surface area contributed by atoms with Gasteiger partial charge in [-0.15, -0.1) is 0 Å². The first-order chi connectivity index (χ1) is 13.1. The third-order valence-corrected chi connectivity index (χ3v) is 4.86. The molecule has 7 nitrogen and oxygen atoms in total. The van der Waals surface area contributed by atoms with Crippen LogP contribution in [0.1, 0.15) is 23.5 Å². The van der Waals surface area contributed by atoms with Crippen LogP contribution in [0.25, 0.3) is 11.4 Å². The lowest BCUT2D eigenvalue weighted by Gasteiger charge is -2.28. The number of aromatic amines is 1. The largest absolute Gasteiger partial charge is 0.336 e. The smallest absolute Gasteiger partial charge is 0.254 e. The Morgan fingerprint density at radius 1 is 1.26 bits per heavy atom. The van der Waals surface area contributed by atoms with E-state index in [-0.39, 0.29) is 11.5 Å². The second-order valence-corrected chi connectivity index (χ2v) is 6.70. The van der Waals surface area contributed by atoms with E-state index in [1.165, 1.54) is 0 Å². The number of benzene rings is 1. The van der Waals surface area contributed by atoms with E-state index in [9.17, 15) is 9.59 Å². The Hall–Kier alpha value is -3.22. The van der Waals surface area contributed by atoms with Gasteiger partial charge in [-0.3, -0.25) is 9.59 Å². The van der Waals surface area contributed by atoms with Crippen molar-refractivity contribution in [1.82, 2.24) is 24.4 Å². The van der Waals surface area contributed by atoms with Crippen molar-refractivity contribution in [3.05, 3.63) is 70.2 Å². The first kappa shape index (κ1) is 17.2. The molecule has 1 N–H and O–H groups in total. The maximum atomic E-state index is 12.7. The van der Waals surface area contributed by atoms with Gasteiger partial charge < -0.3 is 14.5 Å². The number of rotatable bonds is 4. The van der Waals surface area contributed by atoms with Crippen LogP contribution >= 0.6 is 0 Å². The van der Waals surface area contributed by atoms with Gasteiger partial charge in [0.2, 0.25) is 5.91 Å². The van der Waals surface area contributed by atoms with Gasteiger partial charge in [-0.2, -0.15) is 0 Å². The normalized spacial score (nSPS) is 13.4. The van der Waals surface area contributed by atoms with Crippen molar-refractivity contribution < 1.29 is 4.79 Å². The molecule has 0 fully saturated rings. The Labute approximate surface area is 156 Å². The van der Waals surface area contributed by atoms with Crippen LogP contribution in [0.3, 0.4) is 0 Å². The monoisotopic (exact) mass is 363 g/mol. The van der Waals surface area contributed by atoms with Crippen LogP contribution in [0.2, 0.25) is 0 Å². The molecule has 27 heavy (non-hydrogen) atoms. The third kappa shape index (κ3) is 3.53. The number of aromatic nitrogens is 4. The van der Waals surface area contributed by atoms with Gasteiger partial charge in [-0.05, 0) is 13.3 Å². The molecule has 0 saturated carbocycles. The van der Waals surface area contributed by atoms with Crippen molar-refractivity contribution in [1.29, 1.82) is 0 Å². The fraction of sp³-hybridized carbons (Fsp3) is 0.300. The molecule has 7 heteroatoms. The number of hydrogen-bond acceptors (Lipinski definition) is 4. The molecule has 1 aliphatic heterocycles. The lowest BCUT2D eigenvalue weighted by Crippen LogP contribution is -2.39. The summed E-state index contributed by atoms with van der Waals surface area (Å²) in [5, 5.41) is 0. The predicted octanol–water partition coefficient (Wildman–Crippen LogP) is 1.92. The molecule has 2 aromatic heterocycles. The molecule has 0 aliphatic carbocycles. The standard InChI is InChI=1S/C20H21N5O2/c1-14-22-17-13-25(10-7-16(17)20(27)23-14)18(26)8-11-24-12-9-21-19(24)15-5-3-2-4-6-15/h2-6,9,12H,7-8,10-11,13H2,1H3,(H,22,23,27). The Bertz CT molecular complexity index is 1020. The molecular weight excluding hydrogens is 342 g/mol. The van der Waals surface area contributed by atoms with Gasteiger partial charge in [0.05, 0.1) is 12.2 Å². The molecule has 0 saturated heterocycles. The quantitative estimate of drug-likeness (QED) is 0.767. The number of nitrogens with one attached hydrogen (secondary N) is 1. The fourth-order valence-corrected chi connectivity index (χ4v) is 3.49. The van der Waals surface area contributed by atoms with Crippen molar-refractivity contribution in [3.63, 3.8) is 0 Å². The number of hydrogen-bond donors (Lipinski definition) is 1. The fourth-order valence-electron chi connectivity index (χ4n) is 3.49. The van der Waals surface area contributed by atoms with Crippen LogP contribution in [0.15, 0.2) is 47.5 Å². The molecular formula is C20H21N5O2. The maximum Gasteiger partial charge on any atom is 0.254 e. The van der Waals surface area contributed by atoms with Gasteiger partial charge in [0.25, 0.3) is 5.56 Å². The van der Waals surface area contributed by atoms with Crippen LogP contribution in [-0.4, -0.2) is 36.9 Å². The second-order valence-electron chi connectivity index (χ2n) is 6.70. The summed E-state index contributed by atoms with van der Waals surface area (Å²) in [5.74, 6) is 1.50. The Kier molecular flexibility index (Phi) is 4.58. The highest BCUT2D eigenvalue weighted by molar-refractivity contribution is 5.76. The molecule has 138 valence electrons. The number of fused-ring (bicyclic) bond motifs is 1. The van der Waals surface area contributed by atoms with E-state index in [0.717, 1.165) is 11.4 Å². The number of amides is 1. The second kappa shape index (κ2) is 7.19. The Morgan fingerprint density at radius 2 is 2.07 bits per heavy atom. The minimum absolute atomic E-state index is 0.0631. The summed E-state index contributed by atoms with van der Waals surface area (Å²) in [6.07, 6.45) is 4.58. The average molecular weight is 363 g/mol. The van der Waals surface area contributed by atoms with Gasteiger partial charge in [0.15, 0.2) is 0 Å². The minimum atomic E-state index is -0.0875. The SMILES string of the molecule is Cc1nc2c(c(=O)[nH]1)CCN(C(=O)CCn1ccnc1-c1ccccc1)C2. The number of carbonyl (C=O) groups is 1. The van der Waals surface area contributed by atoms with Crippen LogP contribution < -0.4 is 5.56 Å². The highest BCUT2D eigenvalue weighted by Gasteiger charge is 2.24. The highest BCUT2D eigenvalue weighted by atomic mass is 16.2. The summed E-state index contributed by atoms with van der Waals surface area (Å²) >= 11 is 0.